The number of methoxy groups -OCH3 is 1. The van der Waals surface area contributed by atoms with E-state index in [9.17, 15) is 0 Å². The third-order valence-corrected chi connectivity index (χ3v) is 2.15. The molecule has 0 aliphatic heterocycles. The Morgan fingerprint density at radius 2 is 2.08 bits per heavy atom. The van der Waals surface area contributed by atoms with Crippen LogP contribution in [-0.2, 0) is 4.74 Å². The fourth-order valence-corrected chi connectivity index (χ4v) is 1.33. The highest BCUT2D eigenvalue weighted by Gasteiger charge is 2.16. The average molecular weight is 180 g/mol. The number of nitrogens with two attached hydrogens (primary N) is 1. The van der Waals surface area contributed by atoms with Crippen LogP contribution in [0.2, 0.25) is 0 Å². The summed E-state index contributed by atoms with van der Waals surface area (Å²) in [5.41, 5.74) is 7.00. The SMILES string of the molecule is CCC(N)C(OC)c1ccncc1. The van der Waals surface area contributed by atoms with E-state index >= 15 is 0 Å². The first-order valence-corrected chi connectivity index (χ1v) is 4.48. The number of rotatable bonds is 4. The van der Waals surface area contributed by atoms with Crippen LogP contribution in [0.4, 0.5) is 0 Å². The lowest BCUT2D eigenvalue weighted by Crippen LogP contribution is -2.28. The maximum absolute atomic E-state index is 5.91. The van der Waals surface area contributed by atoms with Crippen molar-refractivity contribution in [3.63, 3.8) is 0 Å². The molecule has 0 bridgehead atoms. The molecule has 0 aliphatic carbocycles. The van der Waals surface area contributed by atoms with E-state index in [1.807, 2.05) is 12.1 Å². The zero-order chi connectivity index (χ0) is 9.68. The van der Waals surface area contributed by atoms with Gasteiger partial charge in [-0.15, -0.1) is 0 Å². The molecule has 2 atom stereocenters. The van der Waals surface area contributed by atoms with Gasteiger partial charge in [0.1, 0.15) is 0 Å². The summed E-state index contributed by atoms with van der Waals surface area (Å²) in [5, 5.41) is 0. The van der Waals surface area contributed by atoms with E-state index < -0.39 is 0 Å². The van der Waals surface area contributed by atoms with E-state index in [4.69, 9.17) is 10.5 Å². The topological polar surface area (TPSA) is 48.1 Å². The second-order valence-electron chi connectivity index (χ2n) is 3.01. The number of pyridine rings is 1. The molecule has 0 radical (unpaired) electrons. The van der Waals surface area contributed by atoms with Gasteiger partial charge in [0, 0.05) is 25.5 Å². The van der Waals surface area contributed by atoms with Crippen LogP contribution in [0.1, 0.15) is 25.0 Å². The lowest BCUT2D eigenvalue weighted by Gasteiger charge is -2.21. The standard InChI is InChI=1S/C10H16N2O/c1-3-9(11)10(13-2)8-4-6-12-7-5-8/h4-7,9-10H,3,11H2,1-2H3. The van der Waals surface area contributed by atoms with E-state index in [0.29, 0.717) is 0 Å². The van der Waals surface area contributed by atoms with Crippen LogP contribution in [0.15, 0.2) is 24.5 Å². The molecular formula is C10H16N2O. The minimum atomic E-state index is -0.0204. The molecule has 1 aromatic rings. The molecule has 0 saturated heterocycles. The van der Waals surface area contributed by atoms with Crippen molar-refractivity contribution in [3.8, 4) is 0 Å². The van der Waals surface area contributed by atoms with Crippen LogP contribution < -0.4 is 5.73 Å². The summed E-state index contributed by atoms with van der Waals surface area (Å²) in [7, 11) is 1.68. The lowest BCUT2D eigenvalue weighted by atomic mass is 10.0. The summed E-state index contributed by atoms with van der Waals surface area (Å²) in [4.78, 5) is 3.95. The van der Waals surface area contributed by atoms with E-state index in [-0.39, 0.29) is 12.1 Å². The molecule has 2 N–H and O–H groups in total. The van der Waals surface area contributed by atoms with E-state index in [0.717, 1.165) is 12.0 Å². The summed E-state index contributed by atoms with van der Waals surface area (Å²) >= 11 is 0. The zero-order valence-electron chi connectivity index (χ0n) is 8.10. The Morgan fingerprint density at radius 3 is 2.54 bits per heavy atom. The Hall–Kier alpha value is -0.930. The fourth-order valence-electron chi connectivity index (χ4n) is 1.33. The first-order valence-electron chi connectivity index (χ1n) is 4.48. The van der Waals surface area contributed by atoms with Crippen molar-refractivity contribution in [2.45, 2.75) is 25.5 Å². The Kier molecular flexibility index (Phi) is 3.86. The Morgan fingerprint density at radius 1 is 1.46 bits per heavy atom. The van der Waals surface area contributed by atoms with Crippen LogP contribution in [-0.4, -0.2) is 18.1 Å². The summed E-state index contributed by atoms with van der Waals surface area (Å²) in [5.74, 6) is 0. The third kappa shape index (κ3) is 2.50. The number of hydrogen-bond donors (Lipinski definition) is 1. The molecule has 1 aromatic heterocycles. The van der Waals surface area contributed by atoms with E-state index in [1.54, 1.807) is 19.5 Å². The minimum absolute atomic E-state index is 0.0204. The van der Waals surface area contributed by atoms with Gasteiger partial charge in [0.15, 0.2) is 0 Å². The molecule has 0 aromatic carbocycles. The Balaban J connectivity index is 2.78. The number of hydrogen-bond acceptors (Lipinski definition) is 3. The monoisotopic (exact) mass is 180 g/mol. The van der Waals surface area contributed by atoms with Gasteiger partial charge >= 0.3 is 0 Å². The minimum Gasteiger partial charge on any atom is -0.375 e. The third-order valence-electron chi connectivity index (χ3n) is 2.15. The molecule has 1 rings (SSSR count). The fraction of sp³-hybridized carbons (Fsp3) is 0.500. The smallest absolute Gasteiger partial charge is 0.0972 e. The van der Waals surface area contributed by atoms with Crippen molar-refractivity contribution in [2.75, 3.05) is 7.11 Å². The van der Waals surface area contributed by atoms with Crippen molar-refractivity contribution in [1.82, 2.24) is 4.98 Å². The van der Waals surface area contributed by atoms with Crippen molar-refractivity contribution in [1.29, 1.82) is 0 Å². The summed E-state index contributed by atoms with van der Waals surface area (Å²) in [6.45, 7) is 2.05. The van der Waals surface area contributed by atoms with Crippen molar-refractivity contribution >= 4 is 0 Å². The predicted molar refractivity (Wildman–Crippen MR) is 52.3 cm³/mol. The Labute approximate surface area is 78.9 Å². The molecular weight excluding hydrogens is 164 g/mol. The van der Waals surface area contributed by atoms with Gasteiger partial charge in [0.05, 0.1) is 6.10 Å². The molecule has 3 nitrogen and oxygen atoms in total. The van der Waals surface area contributed by atoms with E-state index in [2.05, 4.69) is 11.9 Å². The molecule has 13 heavy (non-hydrogen) atoms. The van der Waals surface area contributed by atoms with Gasteiger partial charge in [0.2, 0.25) is 0 Å². The highest BCUT2D eigenvalue weighted by Crippen LogP contribution is 2.19. The maximum Gasteiger partial charge on any atom is 0.0972 e. The second kappa shape index (κ2) is 4.94. The Bertz CT molecular complexity index is 238. The second-order valence-corrected chi connectivity index (χ2v) is 3.01. The van der Waals surface area contributed by atoms with Crippen molar-refractivity contribution < 1.29 is 4.74 Å². The van der Waals surface area contributed by atoms with Gasteiger partial charge in [-0.2, -0.15) is 0 Å². The molecule has 2 unspecified atom stereocenters. The van der Waals surface area contributed by atoms with Crippen LogP contribution in [0.5, 0.6) is 0 Å². The van der Waals surface area contributed by atoms with E-state index in [1.165, 1.54) is 0 Å². The van der Waals surface area contributed by atoms with Crippen molar-refractivity contribution in [2.24, 2.45) is 5.73 Å². The van der Waals surface area contributed by atoms with Crippen LogP contribution in [0.3, 0.4) is 0 Å². The number of nitrogens with zero attached hydrogens (tertiary/aromatic N) is 1. The van der Waals surface area contributed by atoms with Gasteiger partial charge in [-0.05, 0) is 24.1 Å². The summed E-state index contributed by atoms with van der Waals surface area (Å²) < 4.78 is 5.34. The van der Waals surface area contributed by atoms with Gasteiger partial charge < -0.3 is 10.5 Å². The zero-order valence-corrected chi connectivity index (χ0v) is 8.10. The normalized spacial score (nSPS) is 15.3. The first-order chi connectivity index (χ1) is 6.29. The predicted octanol–water partition coefficient (Wildman–Crippen LogP) is 1.51. The van der Waals surface area contributed by atoms with Gasteiger partial charge in [-0.1, -0.05) is 6.92 Å². The highest BCUT2D eigenvalue weighted by atomic mass is 16.5. The van der Waals surface area contributed by atoms with Gasteiger partial charge in [0.25, 0.3) is 0 Å². The van der Waals surface area contributed by atoms with Crippen LogP contribution in [0.25, 0.3) is 0 Å². The molecule has 0 aliphatic rings. The molecule has 0 amide bonds. The maximum atomic E-state index is 5.91. The molecule has 0 saturated carbocycles. The van der Waals surface area contributed by atoms with Gasteiger partial charge in [-0.25, -0.2) is 0 Å². The first kappa shape index (κ1) is 10.2. The lowest BCUT2D eigenvalue weighted by molar-refractivity contribution is 0.0790. The summed E-state index contributed by atoms with van der Waals surface area (Å²) in [6, 6.07) is 3.92. The molecule has 1 heterocycles. The van der Waals surface area contributed by atoms with Gasteiger partial charge in [-0.3, -0.25) is 4.98 Å². The highest BCUT2D eigenvalue weighted by molar-refractivity contribution is 5.15. The largest absolute Gasteiger partial charge is 0.375 e. The molecule has 0 spiro atoms. The average Bonchev–Trinajstić information content (AvgIpc) is 2.20. The quantitative estimate of drug-likeness (QED) is 0.764. The number of ether oxygens (including phenoxy) is 1. The molecule has 72 valence electrons. The van der Waals surface area contributed by atoms with Crippen LogP contribution >= 0.6 is 0 Å². The number of aromatic nitrogens is 1. The molecule has 3 heteroatoms. The van der Waals surface area contributed by atoms with Crippen molar-refractivity contribution in [3.05, 3.63) is 30.1 Å². The summed E-state index contributed by atoms with van der Waals surface area (Å²) in [6.07, 6.45) is 4.39. The molecule has 0 fully saturated rings. The van der Waals surface area contributed by atoms with Crippen LogP contribution in [0, 0.1) is 0 Å².